The number of ketones is 1. The van der Waals surface area contributed by atoms with Crippen molar-refractivity contribution in [3.8, 4) is 0 Å². The number of hydrogen-bond donors (Lipinski definition) is 7. The molecule has 4 saturated heterocycles. The van der Waals surface area contributed by atoms with Gasteiger partial charge < -0.3 is 64.8 Å². The zero-order chi connectivity index (χ0) is 40.6. The van der Waals surface area contributed by atoms with Crippen LogP contribution in [0.1, 0.15) is 20.3 Å². The Hall–Kier alpha value is -3.27. The van der Waals surface area contributed by atoms with Gasteiger partial charge in [0.1, 0.15) is 66.2 Å². The van der Waals surface area contributed by atoms with E-state index in [1.165, 1.54) is 19.3 Å². The number of nitrogens with two attached hydrogens (primary N) is 1. The van der Waals surface area contributed by atoms with Crippen LogP contribution in [0.25, 0.3) is 0 Å². The average molecular weight is 818 g/mol. The second-order valence-corrected chi connectivity index (χ2v) is 14.0. The number of nitrogens with zero attached hydrogens (tertiary/aromatic N) is 1. The van der Waals surface area contributed by atoms with Gasteiger partial charge in [-0.05, 0) is 32.1 Å². The Labute approximate surface area is 326 Å². The summed E-state index contributed by atoms with van der Waals surface area (Å²) >= 11 is 11.8. The summed E-state index contributed by atoms with van der Waals surface area (Å²) in [5.41, 5.74) is 4.70. The second-order valence-electron chi connectivity index (χ2n) is 13.0. The molecule has 2 amide bonds. The lowest BCUT2D eigenvalue weighted by Gasteiger charge is -2.46. The number of ether oxygens (including phenoxy) is 6. The Morgan fingerprint density at radius 2 is 1.55 bits per heavy atom. The normalized spacial score (nSPS) is 37.8. The topological polar surface area (TPSA) is 257 Å². The number of hydrogen-bond acceptors (Lipinski definition) is 15. The van der Waals surface area contributed by atoms with Crippen molar-refractivity contribution in [3.63, 3.8) is 0 Å². The molecule has 4 heterocycles. The first-order valence-corrected chi connectivity index (χ1v) is 17.9. The largest absolute Gasteiger partial charge is 0.507 e. The van der Waals surface area contributed by atoms with Crippen LogP contribution in [-0.2, 0) is 42.8 Å². The Balaban J connectivity index is 1.50. The fraction of sp³-hybridized carbons (Fsp3) is 0.528. The van der Waals surface area contributed by atoms with Crippen LogP contribution >= 0.6 is 23.2 Å². The molecule has 0 aromatic heterocycles. The highest BCUT2D eigenvalue weighted by Gasteiger charge is 2.56. The van der Waals surface area contributed by atoms with Crippen molar-refractivity contribution in [2.75, 3.05) is 20.3 Å². The van der Waals surface area contributed by atoms with Crippen molar-refractivity contribution in [3.05, 3.63) is 82.2 Å². The summed E-state index contributed by atoms with van der Waals surface area (Å²) < 4.78 is 33.7. The van der Waals surface area contributed by atoms with Gasteiger partial charge in [0.2, 0.25) is 5.91 Å². The predicted molar refractivity (Wildman–Crippen MR) is 194 cm³/mol. The molecule has 0 aliphatic carbocycles. The highest BCUT2D eigenvalue weighted by atomic mass is 35.5. The zero-order valence-corrected chi connectivity index (χ0v) is 31.6. The smallest absolute Gasteiger partial charge is 0.264 e. The maximum Gasteiger partial charge on any atom is 0.264 e. The highest BCUT2D eigenvalue weighted by Crippen LogP contribution is 2.35. The van der Waals surface area contributed by atoms with E-state index in [9.17, 15) is 45.0 Å². The number of amides is 2. The minimum absolute atomic E-state index is 0.404. The van der Waals surface area contributed by atoms with Gasteiger partial charge >= 0.3 is 0 Å². The monoisotopic (exact) mass is 816 g/mol. The summed E-state index contributed by atoms with van der Waals surface area (Å²) in [4.78, 5) is 40.2. The Kier molecular flexibility index (Phi) is 16.4. The van der Waals surface area contributed by atoms with Crippen LogP contribution in [0.3, 0.4) is 0 Å². The minimum atomic E-state index is -1.85. The van der Waals surface area contributed by atoms with Crippen molar-refractivity contribution in [1.82, 2.24) is 4.90 Å². The Bertz CT molecular complexity index is 1610. The van der Waals surface area contributed by atoms with Gasteiger partial charge in [0, 0.05) is 17.2 Å². The van der Waals surface area contributed by atoms with Crippen LogP contribution in [0.4, 0.5) is 0 Å². The fourth-order valence-electron chi connectivity index (χ4n) is 6.17. The lowest BCUT2D eigenvalue weighted by atomic mass is 10.0. The van der Waals surface area contributed by atoms with Gasteiger partial charge in [-0.25, -0.2) is 0 Å². The molecular weight excluding hydrogens is 771 g/mol. The molecule has 55 heavy (non-hydrogen) atoms. The molecule has 17 nitrogen and oxygen atoms in total. The molecular formula is C36H46Cl2N2O15. The number of likely N-dealkylation sites (tertiary alicyclic amines) is 1. The molecule has 0 aromatic carbocycles. The molecule has 0 radical (unpaired) electrons. The first-order valence-electron chi connectivity index (χ1n) is 17.2. The summed E-state index contributed by atoms with van der Waals surface area (Å²) in [6, 6.07) is -1.62. The molecule has 19 heteroatoms. The van der Waals surface area contributed by atoms with Gasteiger partial charge in [-0.1, -0.05) is 65.7 Å². The van der Waals surface area contributed by atoms with Crippen molar-refractivity contribution >= 4 is 40.8 Å². The average Bonchev–Trinajstić information content (AvgIpc) is 3.53. The number of allylic oxidation sites excluding steroid dienone is 12. The van der Waals surface area contributed by atoms with Gasteiger partial charge in [-0.3, -0.25) is 19.3 Å². The van der Waals surface area contributed by atoms with E-state index >= 15 is 0 Å². The number of primary amides is 1. The van der Waals surface area contributed by atoms with Gasteiger partial charge in [0.15, 0.2) is 24.6 Å². The molecule has 1 unspecified atom stereocenters. The van der Waals surface area contributed by atoms with Crippen LogP contribution < -0.4 is 5.73 Å². The van der Waals surface area contributed by atoms with E-state index in [2.05, 4.69) is 0 Å². The molecule has 0 spiro atoms. The molecule has 4 rings (SSSR count). The number of aliphatic hydroxyl groups excluding tert-OH is 6. The minimum Gasteiger partial charge on any atom is -0.507 e. The van der Waals surface area contributed by atoms with E-state index in [1.54, 1.807) is 56.4 Å². The van der Waals surface area contributed by atoms with Crippen molar-refractivity contribution in [1.29, 1.82) is 0 Å². The maximum atomic E-state index is 13.8. The number of carbonyl (C=O) groups is 3. The molecule has 13 atom stereocenters. The Morgan fingerprint density at radius 1 is 0.891 bits per heavy atom. The quantitative estimate of drug-likeness (QED) is 0.0527. The summed E-state index contributed by atoms with van der Waals surface area (Å²) in [6.07, 6.45) is -2.29. The molecule has 8 N–H and O–H groups in total. The van der Waals surface area contributed by atoms with Crippen molar-refractivity contribution < 1.29 is 73.4 Å². The number of methoxy groups -OCH3 is 1. The molecule has 0 aromatic rings. The molecule has 4 aliphatic heterocycles. The van der Waals surface area contributed by atoms with E-state index < -0.39 is 128 Å². The fourth-order valence-corrected chi connectivity index (χ4v) is 6.58. The van der Waals surface area contributed by atoms with Gasteiger partial charge in [0.05, 0.1) is 25.7 Å². The summed E-state index contributed by atoms with van der Waals surface area (Å²) in [6.45, 7) is 2.32. The molecule has 4 fully saturated rings. The first-order chi connectivity index (χ1) is 26.1. The van der Waals surface area contributed by atoms with Crippen LogP contribution in [-0.4, -0.2) is 153 Å². The second kappa shape index (κ2) is 20.2. The van der Waals surface area contributed by atoms with E-state index in [0.717, 1.165) is 11.0 Å². The molecule has 304 valence electrons. The first kappa shape index (κ1) is 44.4. The van der Waals surface area contributed by atoms with E-state index in [1.807, 2.05) is 0 Å². The number of rotatable bonds is 14. The third-order valence-corrected chi connectivity index (χ3v) is 9.31. The lowest BCUT2D eigenvalue weighted by Crippen LogP contribution is -2.65. The summed E-state index contributed by atoms with van der Waals surface area (Å²) in [5.74, 6) is -3.83. The summed E-state index contributed by atoms with van der Waals surface area (Å²) in [7, 11) is 1.34. The molecule has 0 saturated carbocycles. The third kappa shape index (κ3) is 11.0. The zero-order valence-electron chi connectivity index (χ0n) is 30.0. The van der Waals surface area contributed by atoms with Crippen LogP contribution in [0.5, 0.6) is 0 Å². The number of aliphatic hydroxyl groups is 6. The van der Waals surface area contributed by atoms with E-state index in [4.69, 9.17) is 57.4 Å². The van der Waals surface area contributed by atoms with E-state index in [-0.39, 0.29) is 0 Å². The standard InChI is InChI=1S/C36H46Cl2N2O15/c1-17(37)13-19(38)11-9-7-5-4-6-8-10-12-21(41)25-27(45)20(14-24(39)43)40(33(25)49)34-31(28(46)22(42)15-51-34)55-35-30(48)29(47)23(16-52-35)54-36-32(50-3)26(44)18(2)53-36/h4-13,18,20,22-23,26,28-32,34-36,41-42,44,46-48H,14-16H2,1-3H3,(H2,39,43)/b5-4+,8-6+,9-7+,12-10+,17-13+,19-11-,25-21-/t18-,20+,22-,23-,26-,28-,29+,30+,31+,32+,34?,35+,36+/m1/s1. The van der Waals surface area contributed by atoms with Gasteiger partial charge in [0.25, 0.3) is 5.91 Å². The number of halogens is 2. The molecule has 4 aliphatic rings. The van der Waals surface area contributed by atoms with Crippen molar-refractivity contribution in [2.45, 2.75) is 100 Å². The van der Waals surface area contributed by atoms with Gasteiger partial charge in [-0.2, -0.15) is 0 Å². The lowest BCUT2D eigenvalue weighted by molar-refractivity contribution is -0.338. The van der Waals surface area contributed by atoms with E-state index in [0.29, 0.717) is 10.1 Å². The Morgan fingerprint density at radius 3 is 2.18 bits per heavy atom. The van der Waals surface area contributed by atoms with Crippen LogP contribution in [0, 0.1) is 0 Å². The van der Waals surface area contributed by atoms with Gasteiger partial charge in [-0.15, -0.1) is 0 Å². The third-order valence-electron chi connectivity index (χ3n) is 8.96. The summed E-state index contributed by atoms with van der Waals surface area (Å²) in [5, 5.41) is 65.5. The predicted octanol–water partition coefficient (Wildman–Crippen LogP) is -0.00880. The van der Waals surface area contributed by atoms with Crippen LogP contribution in [0.15, 0.2) is 82.2 Å². The highest BCUT2D eigenvalue weighted by molar-refractivity contribution is 6.34. The SMILES string of the molecule is CO[C@@H]1[C@H](O[C@@H]2CO[C@@H](O[C@@H]3C(N4C(=O)/C(=C(O)/C=C/C=C/C=C/C=C/C=C(Cl)/C=C(\C)Cl)C(=O)[C@@H]4CC(N)=O)OC[C@@H](O)[C@H]3O)[C@@H](O)[C@H]2O)O[C@H](C)[C@H]1O. The number of carbonyl (C=O) groups excluding carboxylic acids is 3. The van der Waals surface area contributed by atoms with Crippen molar-refractivity contribution in [2.24, 2.45) is 5.73 Å². The maximum absolute atomic E-state index is 13.8. The molecule has 0 bridgehead atoms. The number of Topliss-reactive ketones (excluding diaryl/α,β-unsaturated/α-hetero) is 1. The van der Waals surface area contributed by atoms with Crippen LogP contribution in [0.2, 0.25) is 0 Å².